The van der Waals surface area contributed by atoms with E-state index in [1.807, 2.05) is 68.4 Å². The number of fused-ring (bicyclic) bond motifs is 1. The van der Waals surface area contributed by atoms with Crippen molar-refractivity contribution in [3.63, 3.8) is 0 Å². The molecule has 7 heteroatoms. The van der Waals surface area contributed by atoms with Gasteiger partial charge in [-0.1, -0.05) is 55.5 Å². The summed E-state index contributed by atoms with van der Waals surface area (Å²) < 4.78 is 34.6. The predicted molar refractivity (Wildman–Crippen MR) is 124 cm³/mol. The van der Waals surface area contributed by atoms with Crippen LogP contribution in [-0.4, -0.2) is 68.7 Å². The first kappa shape index (κ1) is 23.5. The summed E-state index contributed by atoms with van der Waals surface area (Å²) in [7, 11) is 0.132. The van der Waals surface area contributed by atoms with E-state index in [2.05, 4.69) is 0 Å². The van der Waals surface area contributed by atoms with Gasteiger partial charge in [0.15, 0.2) is 0 Å². The average molecular weight is 445 g/mol. The van der Waals surface area contributed by atoms with Crippen LogP contribution in [0.4, 0.5) is 0 Å². The van der Waals surface area contributed by atoms with E-state index in [0.717, 1.165) is 11.1 Å². The smallest absolute Gasteiger partial charge is 0.247 e. The van der Waals surface area contributed by atoms with Gasteiger partial charge >= 0.3 is 0 Å². The minimum Gasteiger partial charge on any atom is -0.487 e. The molecule has 1 aliphatic rings. The Morgan fingerprint density at radius 2 is 1.84 bits per heavy atom. The molecular formula is C24H32N2O4S. The molecule has 0 saturated heterocycles. The first-order valence-corrected chi connectivity index (χ1v) is 12.0. The third-order valence-corrected chi connectivity index (χ3v) is 7.52. The van der Waals surface area contributed by atoms with Gasteiger partial charge in [-0.05, 0) is 44.3 Å². The molecule has 0 fully saturated rings. The van der Waals surface area contributed by atoms with E-state index in [1.54, 1.807) is 25.1 Å². The lowest BCUT2D eigenvalue weighted by Crippen LogP contribution is -2.49. The monoisotopic (exact) mass is 444 g/mol. The van der Waals surface area contributed by atoms with Gasteiger partial charge in [0.2, 0.25) is 10.0 Å². The van der Waals surface area contributed by atoms with E-state index in [1.165, 1.54) is 4.31 Å². The van der Waals surface area contributed by atoms with E-state index in [4.69, 9.17) is 4.74 Å². The van der Waals surface area contributed by atoms with Gasteiger partial charge in [0, 0.05) is 25.0 Å². The van der Waals surface area contributed by atoms with Crippen molar-refractivity contribution < 1.29 is 18.3 Å². The molecule has 31 heavy (non-hydrogen) atoms. The number of likely N-dealkylation sites (N-methyl/N-ethyl adjacent to an activating group) is 1. The van der Waals surface area contributed by atoms with Gasteiger partial charge < -0.3 is 14.7 Å². The van der Waals surface area contributed by atoms with Crippen molar-refractivity contribution in [1.82, 2.24) is 9.21 Å². The molecule has 168 valence electrons. The molecule has 1 N–H and O–H groups in total. The minimum absolute atomic E-state index is 0.0529. The van der Waals surface area contributed by atoms with Crippen molar-refractivity contribution in [3.8, 4) is 5.75 Å². The van der Waals surface area contributed by atoms with Gasteiger partial charge in [-0.15, -0.1) is 0 Å². The van der Waals surface area contributed by atoms with E-state index in [0.29, 0.717) is 12.3 Å². The lowest BCUT2D eigenvalue weighted by Gasteiger charge is -2.37. The molecule has 0 amide bonds. The van der Waals surface area contributed by atoms with Crippen LogP contribution in [0.2, 0.25) is 0 Å². The predicted octanol–water partition coefficient (Wildman–Crippen LogP) is 3.19. The van der Waals surface area contributed by atoms with Gasteiger partial charge in [-0.25, -0.2) is 8.42 Å². The van der Waals surface area contributed by atoms with Crippen LogP contribution in [0.1, 0.15) is 25.0 Å². The normalized spacial score (nSPS) is 22.5. The maximum Gasteiger partial charge on any atom is 0.247 e. The van der Waals surface area contributed by atoms with Gasteiger partial charge in [0.05, 0.1) is 6.61 Å². The number of aliphatic hydroxyl groups is 1. The molecule has 0 radical (unpaired) electrons. The topological polar surface area (TPSA) is 70.1 Å². The Bertz CT molecular complexity index is 1010. The maximum atomic E-state index is 13.4. The van der Waals surface area contributed by atoms with Gasteiger partial charge in [-0.3, -0.25) is 0 Å². The first-order chi connectivity index (χ1) is 14.7. The molecular weight excluding hydrogens is 412 g/mol. The van der Waals surface area contributed by atoms with Crippen LogP contribution in [0.25, 0.3) is 12.2 Å². The zero-order chi connectivity index (χ0) is 22.6. The van der Waals surface area contributed by atoms with Crippen LogP contribution in [-0.2, 0) is 10.0 Å². The summed E-state index contributed by atoms with van der Waals surface area (Å²) >= 11 is 0. The van der Waals surface area contributed by atoms with Crippen molar-refractivity contribution >= 4 is 22.2 Å². The summed E-state index contributed by atoms with van der Waals surface area (Å²) in [5.74, 6) is 0.298. The number of sulfonamides is 1. The fourth-order valence-electron chi connectivity index (χ4n) is 3.68. The first-order valence-electron chi connectivity index (χ1n) is 10.5. The lowest BCUT2D eigenvalue weighted by molar-refractivity contribution is 0.0812. The number of benzene rings is 2. The molecule has 0 unspecified atom stereocenters. The molecule has 1 aliphatic heterocycles. The number of nitrogens with zero attached hydrogens (tertiary/aromatic N) is 2. The Morgan fingerprint density at radius 1 is 1.16 bits per heavy atom. The van der Waals surface area contributed by atoms with Gasteiger partial charge in [0.25, 0.3) is 0 Å². The summed E-state index contributed by atoms with van der Waals surface area (Å²) in [6.07, 6.45) is 3.74. The zero-order valence-electron chi connectivity index (χ0n) is 18.6. The van der Waals surface area contributed by atoms with E-state index < -0.39 is 16.1 Å². The summed E-state index contributed by atoms with van der Waals surface area (Å²) in [6, 6.07) is 14.6. The molecule has 1 heterocycles. The van der Waals surface area contributed by atoms with Crippen LogP contribution < -0.4 is 4.74 Å². The minimum atomic E-state index is -3.81. The average Bonchev–Trinajstić information content (AvgIpc) is 2.74. The summed E-state index contributed by atoms with van der Waals surface area (Å²) in [4.78, 5) is 2.18. The third kappa shape index (κ3) is 5.54. The second-order valence-corrected chi connectivity index (χ2v) is 10.3. The molecule has 0 spiro atoms. The Hall–Kier alpha value is -2.19. The summed E-state index contributed by atoms with van der Waals surface area (Å²) in [5.41, 5.74) is 1.92. The van der Waals surface area contributed by atoms with Crippen LogP contribution >= 0.6 is 0 Å². The van der Waals surface area contributed by atoms with Crippen molar-refractivity contribution in [2.45, 2.75) is 30.9 Å². The highest BCUT2D eigenvalue weighted by atomic mass is 32.2. The quantitative estimate of drug-likeness (QED) is 0.693. The van der Waals surface area contributed by atoms with Crippen molar-refractivity contribution in [1.29, 1.82) is 0 Å². The number of rotatable bonds is 6. The number of hydrogen-bond donors (Lipinski definition) is 1. The Morgan fingerprint density at radius 3 is 2.48 bits per heavy atom. The Balaban J connectivity index is 2.05. The molecule has 3 atom stereocenters. The zero-order valence-corrected chi connectivity index (χ0v) is 19.4. The fourth-order valence-corrected chi connectivity index (χ4v) is 5.51. The lowest BCUT2D eigenvalue weighted by atomic mass is 10.0. The molecule has 2 aromatic rings. The van der Waals surface area contributed by atoms with E-state index in [-0.39, 0.29) is 30.1 Å². The molecule has 0 saturated carbocycles. The van der Waals surface area contributed by atoms with Crippen LogP contribution in [0.3, 0.4) is 0 Å². The largest absolute Gasteiger partial charge is 0.487 e. The fraction of sp³-hybridized carbons (Fsp3) is 0.417. The molecule has 6 nitrogen and oxygen atoms in total. The van der Waals surface area contributed by atoms with Crippen LogP contribution in [0, 0.1) is 5.92 Å². The molecule has 2 aromatic carbocycles. The van der Waals surface area contributed by atoms with Crippen molar-refractivity contribution in [2.24, 2.45) is 5.92 Å². The second kappa shape index (κ2) is 9.96. The molecule has 0 aliphatic carbocycles. The molecule has 0 bridgehead atoms. The second-order valence-electron chi connectivity index (χ2n) is 8.45. The number of aliphatic hydroxyl groups excluding tert-OH is 1. The molecule has 3 rings (SSSR count). The van der Waals surface area contributed by atoms with Crippen molar-refractivity contribution in [2.75, 3.05) is 33.8 Å². The van der Waals surface area contributed by atoms with Crippen LogP contribution in [0.15, 0.2) is 53.4 Å². The summed E-state index contributed by atoms with van der Waals surface area (Å²) in [6.45, 7) is 4.43. The standard InChI is InChI=1S/C24H32N2O4S/c1-18-15-26(19(2)17-27)31(28,29)24-13-12-21(11-10-20-8-6-5-7-9-20)14-22(24)30-23(18)16-25(3)4/h5-14,18-19,23,27H,15-17H2,1-4H3/b11-10+/t18-,19-,23-/m0/s1. The molecule has 0 aromatic heterocycles. The van der Waals surface area contributed by atoms with Gasteiger partial charge in [0.1, 0.15) is 16.7 Å². The SMILES string of the molecule is C[C@H]1CN([C@@H](C)CO)S(=O)(=O)c2ccc(/C=C/c3ccccc3)cc2O[C@H]1CN(C)C. The maximum absolute atomic E-state index is 13.4. The van der Waals surface area contributed by atoms with Crippen molar-refractivity contribution in [3.05, 3.63) is 59.7 Å². The Kier molecular flexibility index (Phi) is 7.54. The highest BCUT2D eigenvalue weighted by Crippen LogP contribution is 2.34. The highest BCUT2D eigenvalue weighted by Gasteiger charge is 2.37. The highest BCUT2D eigenvalue weighted by molar-refractivity contribution is 7.89. The number of hydrogen-bond acceptors (Lipinski definition) is 5. The number of ether oxygens (including phenoxy) is 1. The van der Waals surface area contributed by atoms with E-state index >= 15 is 0 Å². The third-order valence-electron chi connectivity index (χ3n) is 5.50. The van der Waals surface area contributed by atoms with E-state index in [9.17, 15) is 13.5 Å². The van der Waals surface area contributed by atoms with Gasteiger partial charge in [-0.2, -0.15) is 4.31 Å². The summed E-state index contributed by atoms with van der Waals surface area (Å²) in [5, 5.41) is 9.69. The van der Waals surface area contributed by atoms with Crippen LogP contribution in [0.5, 0.6) is 5.75 Å². The Labute approximate surface area is 185 Å².